The van der Waals surface area contributed by atoms with Crippen molar-refractivity contribution in [3.05, 3.63) is 28.1 Å². The van der Waals surface area contributed by atoms with Crippen LogP contribution in [0, 0.1) is 0 Å². The molecule has 1 aliphatic rings. The third kappa shape index (κ3) is 2.54. The lowest BCUT2D eigenvalue weighted by molar-refractivity contribution is -0.139. The minimum atomic E-state index is -1.04. The maximum Gasteiger partial charge on any atom is 0.344 e. The molecule has 0 radical (unpaired) electrons. The zero-order valence-electron chi connectivity index (χ0n) is 13.0. The van der Waals surface area contributed by atoms with Crippen molar-refractivity contribution in [2.45, 2.75) is 32.4 Å². The van der Waals surface area contributed by atoms with Crippen molar-refractivity contribution >= 4 is 39.4 Å². The summed E-state index contributed by atoms with van der Waals surface area (Å²) in [6, 6.07) is 1.02. The van der Waals surface area contributed by atoms with Gasteiger partial charge in [-0.3, -0.25) is 24.4 Å². The minimum absolute atomic E-state index is 0.347. The number of nitrogens with one attached hydrogen (secondary N) is 2. The molecule has 0 spiro atoms. The van der Waals surface area contributed by atoms with Gasteiger partial charge < -0.3 is 5.32 Å². The summed E-state index contributed by atoms with van der Waals surface area (Å²) in [6.45, 7) is 2.99. The SMILES string of the molecule is CCC1(C)NC(=O)N(NC(=O)Cn2cnc3ccsc3c2=O)C1=O. The maximum atomic E-state index is 12.2. The number of amides is 4. The Kier molecular flexibility index (Phi) is 3.84. The summed E-state index contributed by atoms with van der Waals surface area (Å²) in [7, 11) is 0. The highest BCUT2D eigenvalue weighted by Gasteiger charge is 2.47. The van der Waals surface area contributed by atoms with Crippen LogP contribution in [-0.2, 0) is 16.1 Å². The molecule has 1 fully saturated rings. The Morgan fingerprint density at radius 2 is 2.17 bits per heavy atom. The Hall–Kier alpha value is -2.75. The van der Waals surface area contributed by atoms with E-state index in [0.29, 0.717) is 21.6 Å². The van der Waals surface area contributed by atoms with Gasteiger partial charge in [-0.2, -0.15) is 5.01 Å². The van der Waals surface area contributed by atoms with Crippen molar-refractivity contribution in [2.24, 2.45) is 0 Å². The summed E-state index contributed by atoms with van der Waals surface area (Å²) < 4.78 is 1.57. The molecule has 2 aromatic rings. The number of aromatic nitrogens is 2. The summed E-state index contributed by atoms with van der Waals surface area (Å²) >= 11 is 1.24. The number of imide groups is 1. The molecule has 1 aliphatic heterocycles. The van der Waals surface area contributed by atoms with Gasteiger partial charge in [-0.15, -0.1) is 11.3 Å². The lowest BCUT2D eigenvalue weighted by Gasteiger charge is -2.19. The first-order valence-corrected chi connectivity index (χ1v) is 8.12. The van der Waals surface area contributed by atoms with E-state index in [-0.39, 0.29) is 12.1 Å². The summed E-state index contributed by atoms with van der Waals surface area (Å²) in [4.78, 5) is 52.5. The van der Waals surface area contributed by atoms with Crippen LogP contribution in [0.4, 0.5) is 4.79 Å². The number of fused-ring (bicyclic) bond motifs is 1. The highest BCUT2D eigenvalue weighted by Crippen LogP contribution is 2.19. The predicted octanol–water partition coefficient (Wildman–Crippen LogP) is 0.210. The van der Waals surface area contributed by atoms with Crippen LogP contribution in [0.3, 0.4) is 0 Å². The molecule has 1 saturated heterocycles. The molecular formula is C14H15N5O4S. The van der Waals surface area contributed by atoms with Gasteiger partial charge in [0.05, 0.1) is 11.8 Å². The molecule has 9 nitrogen and oxygen atoms in total. The van der Waals surface area contributed by atoms with E-state index >= 15 is 0 Å². The smallest absolute Gasteiger partial charge is 0.322 e. The van der Waals surface area contributed by atoms with Crippen molar-refractivity contribution in [2.75, 3.05) is 0 Å². The van der Waals surface area contributed by atoms with Gasteiger partial charge in [-0.05, 0) is 24.8 Å². The van der Waals surface area contributed by atoms with Crippen LogP contribution in [0.15, 0.2) is 22.6 Å². The van der Waals surface area contributed by atoms with Gasteiger partial charge >= 0.3 is 6.03 Å². The Morgan fingerprint density at radius 1 is 1.42 bits per heavy atom. The van der Waals surface area contributed by atoms with Gasteiger partial charge in [0.1, 0.15) is 16.8 Å². The second-order valence-corrected chi connectivity index (χ2v) is 6.52. The Bertz CT molecular complexity index is 904. The molecule has 1 unspecified atom stereocenters. The number of hydrogen-bond donors (Lipinski definition) is 2. The minimum Gasteiger partial charge on any atom is -0.322 e. The number of thiophene rings is 1. The number of hydrogen-bond acceptors (Lipinski definition) is 6. The van der Waals surface area contributed by atoms with E-state index < -0.39 is 23.4 Å². The zero-order valence-corrected chi connectivity index (χ0v) is 13.8. The number of urea groups is 1. The largest absolute Gasteiger partial charge is 0.344 e. The van der Waals surface area contributed by atoms with E-state index in [1.165, 1.54) is 17.7 Å². The quantitative estimate of drug-likeness (QED) is 0.766. The fraction of sp³-hybridized carbons (Fsp3) is 0.357. The molecule has 3 heterocycles. The number of rotatable bonds is 4. The summed E-state index contributed by atoms with van der Waals surface area (Å²) in [5.41, 5.74) is 1.41. The molecule has 10 heteroatoms. The van der Waals surface area contributed by atoms with Crippen molar-refractivity contribution in [3.8, 4) is 0 Å². The molecule has 126 valence electrons. The molecule has 2 N–H and O–H groups in total. The van der Waals surface area contributed by atoms with Gasteiger partial charge in [-0.1, -0.05) is 6.92 Å². The van der Waals surface area contributed by atoms with Crippen LogP contribution >= 0.6 is 11.3 Å². The third-order valence-electron chi connectivity index (χ3n) is 3.95. The van der Waals surface area contributed by atoms with Gasteiger partial charge in [0.2, 0.25) is 0 Å². The summed E-state index contributed by atoms with van der Waals surface area (Å²) in [5, 5.41) is 4.91. The lowest BCUT2D eigenvalue weighted by atomic mass is 10.00. The Morgan fingerprint density at radius 3 is 2.83 bits per heavy atom. The average molecular weight is 349 g/mol. The fourth-order valence-corrected chi connectivity index (χ4v) is 3.12. The number of carbonyl (C=O) groups is 3. The lowest BCUT2D eigenvalue weighted by Crippen LogP contribution is -2.49. The van der Waals surface area contributed by atoms with Gasteiger partial charge in [-0.25, -0.2) is 9.78 Å². The Labute approximate surface area is 140 Å². The third-order valence-corrected chi connectivity index (χ3v) is 4.85. The monoisotopic (exact) mass is 349 g/mol. The predicted molar refractivity (Wildman–Crippen MR) is 86.1 cm³/mol. The molecule has 2 aromatic heterocycles. The fourth-order valence-electron chi connectivity index (χ4n) is 2.33. The number of hydrazine groups is 1. The maximum absolute atomic E-state index is 12.2. The number of carbonyl (C=O) groups excluding carboxylic acids is 3. The van der Waals surface area contributed by atoms with Crippen molar-refractivity contribution in [3.63, 3.8) is 0 Å². The second-order valence-electron chi connectivity index (χ2n) is 5.60. The molecule has 3 rings (SSSR count). The van der Waals surface area contributed by atoms with Gasteiger partial charge in [0.15, 0.2) is 0 Å². The topological polar surface area (TPSA) is 113 Å². The highest BCUT2D eigenvalue weighted by atomic mass is 32.1. The van der Waals surface area contributed by atoms with Crippen molar-refractivity contribution in [1.29, 1.82) is 0 Å². The van der Waals surface area contributed by atoms with E-state index in [1.54, 1.807) is 25.3 Å². The van der Waals surface area contributed by atoms with Crippen molar-refractivity contribution < 1.29 is 14.4 Å². The summed E-state index contributed by atoms with van der Waals surface area (Å²) in [5.74, 6) is -1.21. The first-order chi connectivity index (χ1) is 11.4. The standard InChI is InChI=1S/C14H15N5O4S/c1-3-14(2)12(22)19(13(23)16-14)17-9(20)6-18-7-15-8-4-5-24-10(8)11(18)21/h4-5,7H,3,6H2,1-2H3,(H,16,23)(H,17,20). The normalized spacial score (nSPS) is 20.5. The first kappa shape index (κ1) is 16.1. The molecule has 0 bridgehead atoms. The van der Waals surface area contributed by atoms with Crippen LogP contribution in [0.5, 0.6) is 0 Å². The second kappa shape index (κ2) is 5.71. The van der Waals surface area contributed by atoms with E-state index in [9.17, 15) is 19.2 Å². The van der Waals surface area contributed by atoms with E-state index in [0.717, 1.165) is 4.57 Å². The molecular weight excluding hydrogens is 334 g/mol. The Balaban J connectivity index is 1.76. The molecule has 1 atom stereocenters. The van der Waals surface area contributed by atoms with Crippen LogP contribution in [-0.4, -0.2) is 37.9 Å². The van der Waals surface area contributed by atoms with E-state index in [1.807, 2.05) is 0 Å². The van der Waals surface area contributed by atoms with Crippen LogP contribution in [0.1, 0.15) is 20.3 Å². The molecule has 24 heavy (non-hydrogen) atoms. The molecule has 0 aliphatic carbocycles. The van der Waals surface area contributed by atoms with Crippen LogP contribution < -0.4 is 16.3 Å². The molecule has 4 amide bonds. The zero-order chi connectivity index (χ0) is 17.5. The highest BCUT2D eigenvalue weighted by molar-refractivity contribution is 7.17. The first-order valence-electron chi connectivity index (χ1n) is 7.24. The van der Waals surface area contributed by atoms with Crippen LogP contribution in [0.25, 0.3) is 10.2 Å². The molecule has 0 saturated carbocycles. The van der Waals surface area contributed by atoms with Crippen LogP contribution in [0.2, 0.25) is 0 Å². The van der Waals surface area contributed by atoms with Crippen molar-refractivity contribution in [1.82, 2.24) is 25.3 Å². The average Bonchev–Trinajstić information content (AvgIpc) is 3.10. The van der Waals surface area contributed by atoms with E-state index in [4.69, 9.17) is 0 Å². The van der Waals surface area contributed by atoms with Gasteiger partial charge in [0.25, 0.3) is 17.4 Å². The van der Waals surface area contributed by atoms with Gasteiger partial charge in [0, 0.05) is 0 Å². The molecule has 0 aromatic carbocycles. The van der Waals surface area contributed by atoms with E-state index in [2.05, 4.69) is 15.7 Å². The number of nitrogens with zero attached hydrogens (tertiary/aromatic N) is 3. The summed E-state index contributed by atoms with van der Waals surface area (Å²) in [6.07, 6.45) is 1.65.